The molecule has 2 unspecified atom stereocenters. The highest BCUT2D eigenvalue weighted by atomic mass is 19.4. The lowest BCUT2D eigenvalue weighted by atomic mass is 9.81. The van der Waals surface area contributed by atoms with Gasteiger partial charge in [0.1, 0.15) is 12.4 Å². The number of carbonyl (C=O) groups is 2. The molecule has 0 bridgehead atoms. The standard InChI is InChI=1S/C17H20F3NO4/c18-17(19,20)13-4-6-14(7-5-13)25-9-8-21-15(22)11-2-1-3-12(10-11)16(23)24/h4-7,11-12H,1-3,8-10H2,(H,21,22)(H,23,24). The fourth-order valence-corrected chi connectivity index (χ4v) is 2.88. The van der Waals surface area contributed by atoms with E-state index in [-0.39, 0.29) is 30.7 Å². The summed E-state index contributed by atoms with van der Waals surface area (Å²) in [5, 5.41) is 11.7. The van der Waals surface area contributed by atoms with Crippen LogP contribution >= 0.6 is 0 Å². The van der Waals surface area contributed by atoms with E-state index in [2.05, 4.69) is 5.32 Å². The maximum atomic E-state index is 12.4. The van der Waals surface area contributed by atoms with E-state index in [4.69, 9.17) is 9.84 Å². The summed E-state index contributed by atoms with van der Waals surface area (Å²) in [5.74, 6) is -1.59. The second-order valence-electron chi connectivity index (χ2n) is 6.06. The Labute approximate surface area is 143 Å². The maximum absolute atomic E-state index is 12.4. The SMILES string of the molecule is O=C(O)C1CCCC(C(=O)NCCOc2ccc(C(F)(F)F)cc2)C1. The van der Waals surface area contributed by atoms with Crippen molar-refractivity contribution in [2.75, 3.05) is 13.2 Å². The van der Waals surface area contributed by atoms with Crippen molar-refractivity contribution in [1.82, 2.24) is 5.32 Å². The van der Waals surface area contributed by atoms with Gasteiger partial charge in [0.05, 0.1) is 18.0 Å². The minimum atomic E-state index is -4.39. The third-order valence-corrected chi connectivity index (χ3v) is 4.25. The van der Waals surface area contributed by atoms with Crippen molar-refractivity contribution in [2.24, 2.45) is 11.8 Å². The molecule has 0 saturated heterocycles. The summed E-state index contributed by atoms with van der Waals surface area (Å²) < 4.78 is 42.6. The molecule has 1 aromatic rings. The first-order valence-electron chi connectivity index (χ1n) is 8.08. The smallest absolute Gasteiger partial charge is 0.416 e. The fourth-order valence-electron chi connectivity index (χ4n) is 2.88. The molecule has 1 fully saturated rings. The van der Waals surface area contributed by atoms with Gasteiger partial charge in [0.25, 0.3) is 0 Å². The van der Waals surface area contributed by atoms with Crippen LogP contribution in [0.15, 0.2) is 24.3 Å². The van der Waals surface area contributed by atoms with Gasteiger partial charge >= 0.3 is 12.1 Å². The molecule has 0 aromatic heterocycles. The third-order valence-electron chi connectivity index (χ3n) is 4.25. The second kappa shape index (κ2) is 8.22. The lowest BCUT2D eigenvalue weighted by molar-refractivity contribution is -0.144. The highest BCUT2D eigenvalue weighted by Gasteiger charge is 2.31. The van der Waals surface area contributed by atoms with Crippen LogP contribution in [0.5, 0.6) is 5.75 Å². The Morgan fingerprint density at radius 2 is 1.80 bits per heavy atom. The summed E-state index contributed by atoms with van der Waals surface area (Å²) in [6.07, 6.45) is -2.09. The van der Waals surface area contributed by atoms with E-state index in [1.165, 1.54) is 12.1 Å². The van der Waals surface area contributed by atoms with E-state index in [9.17, 15) is 22.8 Å². The van der Waals surface area contributed by atoms with Crippen LogP contribution in [0.3, 0.4) is 0 Å². The number of rotatable bonds is 6. The zero-order valence-electron chi connectivity index (χ0n) is 13.5. The van der Waals surface area contributed by atoms with Gasteiger partial charge in [-0.1, -0.05) is 6.42 Å². The molecule has 1 amide bonds. The average molecular weight is 359 g/mol. The van der Waals surface area contributed by atoms with Gasteiger partial charge in [-0.05, 0) is 43.5 Å². The maximum Gasteiger partial charge on any atom is 0.416 e. The molecule has 0 aliphatic heterocycles. The quantitative estimate of drug-likeness (QED) is 0.766. The van der Waals surface area contributed by atoms with Crippen LogP contribution in [0.4, 0.5) is 13.2 Å². The molecule has 1 aliphatic carbocycles. The topological polar surface area (TPSA) is 75.6 Å². The second-order valence-corrected chi connectivity index (χ2v) is 6.06. The molecule has 25 heavy (non-hydrogen) atoms. The first kappa shape index (κ1) is 19.1. The molecule has 1 aliphatic rings. The molecule has 1 aromatic carbocycles. The van der Waals surface area contributed by atoms with Crippen molar-refractivity contribution < 1.29 is 32.6 Å². The van der Waals surface area contributed by atoms with Gasteiger partial charge in [0.2, 0.25) is 5.91 Å². The Morgan fingerprint density at radius 1 is 1.16 bits per heavy atom. The number of hydrogen-bond donors (Lipinski definition) is 2. The molecule has 0 spiro atoms. The summed E-state index contributed by atoms with van der Waals surface area (Å²) >= 11 is 0. The van der Waals surface area contributed by atoms with E-state index in [1.807, 2.05) is 0 Å². The van der Waals surface area contributed by atoms with Gasteiger partial charge in [-0.25, -0.2) is 0 Å². The molecule has 5 nitrogen and oxygen atoms in total. The average Bonchev–Trinajstić information content (AvgIpc) is 2.58. The predicted molar refractivity (Wildman–Crippen MR) is 83.0 cm³/mol. The number of hydrogen-bond acceptors (Lipinski definition) is 3. The Bertz CT molecular complexity index is 601. The van der Waals surface area contributed by atoms with Gasteiger partial charge in [-0.2, -0.15) is 13.2 Å². The summed E-state index contributed by atoms with van der Waals surface area (Å²) in [6, 6.07) is 4.32. The van der Waals surface area contributed by atoms with Gasteiger partial charge in [-0.3, -0.25) is 9.59 Å². The van der Waals surface area contributed by atoms with Crippen LogP contribution in [0.2, 0.25) is 0 Å². The summed E-state index contributed by atoms with van der Waals surface area (Å²) in [6.45, 7) is 0.320. The highest BCUT2D eigenvalue weighted by molar-refractivity contribution is 5.80. The highest BCUT2D eigenvalue weighted by Crippen LogP contribution is 2.30. The third kappa shape index (κ3) is 5.65. The Hall–Kier alpha value is -2.25. The number of ether oxygens (including phenoxy) is 1. The first-order chi connectivity index (χ1) is 11.8. The number of benzene rings is 1. The molecule has 138 valence electrons. The minimum absolute atomic E-state index is 0.117. The molecule has 0 heterocycles. The normalized spacial score (nSPS) is 20.8. The summed E-state index contributed by atoms with van der Waals surface area (Å²) in [7, 11) is 0. The van der Waals surface area contributed by atoms with Crippen molar-refractivity contribution >= 4 is 11.9 Å². The number of amides is 1. The van der Waals surface area contributed by atoms with Crippen LogP contribution < -0.4 is 10.1 Å². The number of halogens is 3. The molecule has 2 rings (SSSR count). The van der Waals surface area contributed by atoms with Gasteiger partial charge in [-0.15, -0.1) is 0 Å². The number of nitrogens with one attached hydrogen (secondary N) is 1. The first-order valence-corrected chi connectivity index (χ1v) is 8.08. The van der Waals surface area contributed by atoms with Crippen molar-refractivity contribution in [3.05, 3.63) is 29.8 Å². The number of alkyl halides is 3. The van der Waals surface area contributed by atoms with Crippen LogP contribution in [-0.4, -0.2) is 30.1 Å². The van der Waals surface area contributed by atoms with E-state index >= 15 is 0 Å². The van der Waals surface area contributed by atoms with Gasteiger partial charge in [0.15, 0.2) is 0 Å². The van der Waals surface area contributed by atoms with E-state index in [1.54, 1.807) is 0 Å². The van der Waals surface area contributed by atoms with Crippen LogP contribution in [0, 0.1) is 11.8 Å². The fraction of sp³-hybridized carbons (Fsp3) is 0.529. The monoisotopic (exact) mass is 359 g/mol. The van der Waals surface area contributed by atoms with E-state index < -0.39 is 23.6 Å². The number of carbonyl (C=O) groups excluding carboxylic acids is 1. The van der Waals surface area contributed by atoms with Gasteiger partial charge in [0, 0.05) is 5.92 Å². The van der Waals surface area contributed by atoms with E-state index in [0.29, 0.717) is 25.7 Å². The van der Waals surface area contributed by atoms with Crippen molar-refractivity contribution in [3.8, 4) is 5.75 Å². The lowest BCUT2D eigenvalue weighted by Crippen LogP contribution is -2.37. The molecule has 2 N–H and O–H groups in total. The number of carboxylic acids is 1. The Balaban J connectivity index is 1.72. The summed E-state index contributed by atoms with van der Waals surface area (Å²) in [5.41, 5.74) is -0.751. The lowest BCUT2D eigenvalue weighted by Gasteiger charge is -2.25. The van der Waals surface area contributed by atoms with Gasteiger partial charge < -0.3 is 15.2 Å². The summed E-state index contributed by atoms with van der Waals surface area (Å²) in [4.78, 5) is 23.1. The molecule has 0 radical (unpaired) electrons. The predicted octanol–water partition coefficient (Wildman–Crippen LogP) is 3.09. The Kier molecular flexibility index (Phi) is 6.27. The molecule has 2 atom stereocenters. The van der Waals surface area contributed by atoms with E-state index in [0.717, 1.165) is 12.1 Å². The Morgan fingerprint density at radius 3 is 2.40 bits per heavy atom. The van der Waals surface area contributed by atoms with Crippen LogP contribution in [-0.2, 0) is 15.8 Å². The van der Waals surface area contributed by atoms with Crippen molar-refractivity contribution in [1.29, 1.82) is 0 Å². The molecular formula is C17H20F3NO4. The zero-order valence-corrected chi connectivity index (χ0v) is 13.5. The number of carboxylic acid groups (broad SMARTS) is 1. The van der Waals surface area contributed by atoms with Crippen LogP contribution in [0.25, 0.3) is 0 Å². The zero-order chi connectivity index (χ0) is 18.4. The minimum Gasteiger partial charge on any atom is -0.492 e. The molecular weight excluding hydrogens is 339 g/mol. The largest absolute Gasteiger partial charge is 0.492 e. The number of aliphatic carboxylic acids is 1. The molecule has 1 saturated carbocycles. The van der Waals surface area contributed by atoms with Crippen molar-refractivity contribution in [2.45, 2.75) is 31.9 Å². The van der Waals surface area contributed by atoms with Crippen LogP contribution in [0.1, 0.15) is 31.2 Å². The molecule has 8 heteroatoms. The van der Waals surface area contributed by atoms with Crippen molar-refractivity contribution in [3.63, 3.8) is 0 Å².